The van der Waals surface area contributed by atoms with Crippen molar-refractivity contribution in [3.05, 3.63) is 29.8 Å². The highest BCUT2D eigenvalue weighted by atomic mass is 32.2. The van der Waals surface area contributed by atoms with Gasteiger partial charge in [-0.3, -0.25) is 9.59 Å². The third kappa shape index (κ3) is 4.73. The monoisotopic (exact) mass is 384 g/mol. The average Bonchev–Trinajstić information content (AvgIpc) is 2.94. The molecule has 1 aliphatic carbocycles. The first-order chi connectivity index (χ1) is 12.0. The summed E-state index contributed by atoms with van der Waals surface area (Å²) in [5.41, 5.74) is -0.0854. The summed E-state index contributed by atoms with van der Waals surface area (Å²) in [5, 5.41) is 13.2. The minimum atomic E-state index is -0.838. The fourth-order valence-corrected chi connectivity index (χ4v) is 3.66. The number of nitrogens with one attached hydrogen (secondary N) is 2. The van der Waals surface area contributed by atoms with Crippen molar-refractivity contribution in [2.24, 2.45) is 5.92 Å². The molecule has 1 fully saturated rings. The van der Waals surface area contributed by atoms with E-state index in [2.05, 4.69) is 20.8 Å². The van der Waals surface area contributed by atoms with Crippen molar-refractivity contribution in [1.82, 2.24) is 10.2 Å². The highest BCUT2D eigenvalue weighted by Gasteiger charge is 2.26. The Kier molecular flexibility index (Phi) is 5.59. The maximum Gasteiger partial charge on any atom is 0.234 e. The van der Waals surface area contributed by atoms with Gasteiger partial charge in [0.2, 0.25) is 16.9 Å². The van der Waals surface area contributed by atoms with Gasteiger partial charge in [0.05, 0.1) is 11.4 Å². The number of nitrogens with zero attached hydrogens (tertiary/aromatic N) is 2. The van der Waals surface area contributed by atoms with Crippen LogP contribution in [0, 0.1) is 17.6 Å². The second kappa shape index (κ2) is 7.87. The fourth-order valence-electron chi connectivity index (χ4n) is 2.10. The Morgan fingerprint density at radius 2 is 2.04 bits per heavy atom. The molecule has 2 amide bonds. The van der Waals surface area contributed by atoms with Crippen molar-refractivity contribution >= 4 is 45.7 Å². The van der Waals surface area contributed by atoms with Gasteiger partial charge in [-0.15, -0.1) is 10.2 Å². The number of hydrogen-bond donors (Lipinski definition) is 2. The van der Waals surface area contributed by atoms with Gasteiger partial charge in [-0.05, 0) is 25.0 Å². The Morgan fingerprint density at radius 3 is 2.72 bits per heavy atom. The SMILES string of the molecule is O=C(CSc1nnc(NC(=O)C2CCC2)s1)Nc1ccc(F)cc1F. The van der Waals surface area contributed by atoms with Crippen LogP contribution in [0.1, 0.15) is 19.3 Å². The lowest BCUT2D eigenvalue weighted by molar-refractivity contribution is -0.122. The molecule has 0 bridgehead atoms. The van der Waals surface area contributed by atoms with E-state index in [4.69, 9.17) is 0 Å². The topological polar surface area (TPSA) is 84.0 Å². The molecule has 1 aromatic carbocycles. The Labute approximate surface area is 150 Å². The average molecular weight is 384 g/mol. The van der Waals surface area contributed by atoms with Gasteiger partial charge in [0, 0.05) is 12.0 Å². The highest BCUT2D eigenvalue weighted by molar-refractivity contribution is 8.01. The Hall–Kier alpha value is -2.07. The number of anilines is 2. The summed E-state index contributed by atoms with van der Waals surface area (Å²) in [6, 6.07) is 2.92. The van der Waals surface area contributed by atoms with E-state index in [0.29, 0.717) is 15.5 Å². The minimum Gasteiger partial charge on any atom is -0.323 e. The van der Waals surface area contributed by atoms with Gasteiger partial charge in [0.25, 0.3) is 0 Å². The molecule has 1 heterocycles. The maximum atomic E-state index is 13.5. The lowest BCUT2D eigenvalue weighted by Crippen LogP contribution is -2.27. The van der Waals surface area contributed by atoms with E-state index < -0.39 is 17.5 Å². The number of benzene rings is 1. The van der Waals surface area contributed by atoms with Crippen LogP contribution in [-0.4, -0.2) is 27.8 Å². The summed E-state index contributed by atoms with van der Waals surface area (Å²) in [7, 11) is 0. The van der Waals surface area contributed by atoms with E-state index in [1.54, 1.807) is 0 Å². The molecule has 3 rings (SSSR count). The van der Waals surface area contributed by atoms with Crippen molar-refractivity contribution in [3.63, 3.8) is 0 Å². The van der Waals surface area contributed by atoms with Crippen LogP contribution in [0.25, 0.3) is 0 Å². The lowest BCUT2D eigenvalue weighted by atomic mass is 9.85. The third-order valence-corrected chi connectivity index (χ3v) is 5.62. The van der Waals surface area contributed by atoms with Crippen LogP contribution in [0.5, 0.6) is 0 Å². The van der Waals surface area contributed by atoms with Crippen LogP contribution in [0.2, 0.25) is 0 Å². The molecule has 2 aromatic rings. The maximum absolute atomic E-state index is 13.5. The normalized spacial score (nSPS) is 14.0. The van der Waals surface area contributed by atoms with E-state index in [0.717, 1.165) is 43.2 Å². The molecular weight excluding hydrogens is 370 g/mol. The molecule has 0 atom stereocenters. The van der Waals surface area contributed by atoms with E-state index in [1.165, 1.54) is 11.3 Å². The zero-order valence-electron chi connectivity index (χ0n) is 12.9. The molecule has 1 saturated carbocycles. The molecule has 0 saturated heterocycles. The zero-order valence-corrected chi connectivity index (χ0v) is 14.6. The van der Waals surface area contributed by atoms with Crippen LogP contribution in [0.4, 0.5) is 19.6 Å². The summed E-state index contributed by atoms with van der Waals surface area (Å²) < 4.78 is 26.8. The largest absolute Gasteiger partial charge is 0.323 e. The zero-order chi connectivity index (χ0) is 17.8. The molecule has 2 N–H and O–H groups in total. The first kappa shape index (κ1) is 17.7. The van der Waals surface area contributed by atoms with E-state index in [1.807, 2.05) is 0 Å². The van der Waals surface area contributed by atoms with Crippen LogP contribution < -0.4 is 10.6 Å². The summed E-state index contributed by atoms with van der Waals surface area (Å²) in [5.74, 6) is -2.02. The third-order valence-electron chi connectivity index (χ3n) is 3.64. The van der Waals surface area contributed by atoms with Crippen molar-refractivity contribution in [3.8, 4) is 0 Å². The Balaban J connectivity index is 1.48. The predicted octanol–water partition coefficient (Wildman–Crippen LogP) is 3.29. The number of carbonyl (C=O) groups is 2. The van der Waals surface area contributed by atoms with Crippen LogP contribution in [0.15, 0.2) is 22.5 Å². The smallest absolute Gasteiger partial charge is 0.234 e. The standard InChI is InChI=1S/C15H14F2N4O2S2/c16-9-4-5-11(10(17)6-9)18-12(22)7-24-15-21-20-14(25-15)19-13(23)8-2-1-3-8/h4-6,8H,1-3,7H2,(H,18,22)(H,19,20,23). The number of hydrogen-bond acceptors (Lipinski definition) is 6. The van der Waals surface area contributed by atoms with Gasteiger partial charge in [0.1, 0.15) is 11.6 Å². The molecule has 0 unspecified atom stereocenters. The van der Waals surface area contributed by atoms with Crippen molar-refractivity contribution < 1.29 is 18.4 Å². The highest BCUT2D eigenvalue weighted by Crippen LogP contribution is 2.30. The number of rotatable bonds is 6. The Morgan fingerprint density at radius 1 is 1.24 bits per heavy atom. The van der Waals surface area contributed by atoms with E-state index in [9.17, 15) is 18.4 Å². The van der Waals surface area contributed by atoms with E-state index >= 15 is 0 Å². The molecule has 0 radical (unpaired) electrons. The number of carbonyl (C=O) groups excluding carboxylic acids is 2. The molecular formula is C15H14F2N4O2S2. The molecule has 10 heteroatoms. The van der Waals surface area contributed by atoms with Crippen LogP contribution in [-0.2, 0) is 9.59 Å². The number of halogens is 2. The van der Waals surface area contributed by atoms with Gasteiger partial charge in [0.15, 0.2) is 4.34 Å². The van der Waals surface area contributed by atoms with Crippen LogP contribution in [0.3, 0.4) is 0 Å². The molecule has 25 heavy (non-hydrogen) atoms. The molecule has 1 aromatic heterocycles. The second-order valence-electron chi connectivity index (χ2n) is 5.45. The summed E-state index contributed by atoms with van der Waals surface area (Å²) in [6.07, 6.45) is 2.86. The predicted molar refractivity (Wildman–Crippen MR) is 91.6 cm³/mol. The van der Waals surface area contributed by atoms with E-state index in [-0.39, 0.29) is 23.3 Å². The summed E-state index contributed by atoms with van der Waals surface area (Å²) in [6.45, 7) is 0. The molecule has 0 spiro atoms. The van der Waals surface area contributed by atoms with Crippen LogP contribution >= 0.6 is 23.1 Å². The van der Waals surface area contributed by atoms with Gasteiger partial charge in [-0.1, -0.05) is 29.5 Å². The first-order valence-electron chi connectivity index (χ1n) is 7.53. The number of thioether (sulfide) groups is 1. The van der Waals surface area contributed by atoms with Gasteiger partial charge in [-0.25, -0.2) is 8.78 Å². The van der Waals surface area contributed by atoms with Crippen molar-refractivity contribution in [2.45, 2.75) is 23.6 Å². The second-order valence-corrected chi connectivity index (χ2v) is 7.65. The quantitative estimate of drug-likeness (QED) is 0.590. The Bertz CT molecular complexity index is 796. The summed E-state index contributed by atoms with van der Waals surface area (Å²) >= 11 is 2.29. The van der Waals surface area contributed by atoms with Gasteiger partial charge in [-0.2, -0.15) is 0 Å². The van der Waals surface area contributed by atoms with Crippen molar-refractivity contribution in [2.75, 3.05) is 16.4 Å². The molecule has 1 aliphatic rings. The first-order valence-corrected chi connectivity index (χ1v) is 9.33. The molecule has 0 aliphatic heterocycles. The van der Waals surface area contributed by atoms with Crippen molar-refractivity contribution in [1.29, 1.82) is 0 Å². The molecule has 6 nitrogen and oxygen atoms in total. The summed E-state index contributed by atoms with van der Waals surface area (Å²) in [4.78, 5) is 23.7. The minimum absolute atomic E-state index is 0.0119. The fraction of sp³-hybridized carbons (Fsp3) is 0.333. The lowest BCUT2D eigenvalue weighted by Gasteiger charge is -2.23. The number of aromatic nitrogens is 2. The van der Waals surface area contributed by atoms with Gasteiger partial charge < -0.3 is 10.6 Å². The molecule has 132 valence electrons. The number of amides is 2. The van der Waals surface area contributed by atoms with Gasteiger partial charge >= 0.3 is 0 Å².